The highest BCUT2D eigenvalue weighted by Gasteiger charge is 2.40. The number of aliphatic carboxylic acids is 1. The minimum absolute atomic E-state index is 0.0426. The van der Waals surface area contributed by atoms with E-state index in [0.29, 0.717) is 17.1 Å². The molecule has 0 aliphatic carbocycles. The van der Waals surface area contributed by atoms with Crippen LogP contribution in [0.3, 0.4) is 0 Å². The summed E-state index contributed by atoms with van der Waals surface area (Å²) in [5, 5.41) is 9.56. The maximum Gasteiger partial charge on any atom is 0.326 e. The lowest BCUT2D eigenvalue weighted by atomic mass is 10.1. The number of benzene rings is 1. The van der Waals surface area contributed by atoms with E-state index in [0.717, 1.165) is 29.5 Å². The number of methoxy groups -OCH3 is 1. The Bertz CT molecular complexity index is 965. The van der Waals surface area contributed by atoms with Crippen LogP contribution in [0, 0.1) is 0 Å². The summed E-state index contributed by atoms with van der Waals surface area (Å²) in [5.41, 5.74) is 5.83. The number of hydrogen-bond donors (Lipinski definition) is 2. The van der Waals surface area contributed by atoms with Gasteiger partial charge in [-0.25, -0.2) is 4.79 Å². The molecule has 0 aromatic heterocycles. The molecule has 1 aliphatic rings. The van der Waals surface area contributed by atoms with Crippen LogP contribution in [0.5, 0.6) is 11.5 Å². The van der Waals surface area contributed by atoms with E-state index in [2.05, 4.69) is 6.92 Å². The summed E-state index contributed by atoms with van der Waals surface area (Å²) >= 11 is 6.28. The molecule has 2 atom stereocenters. The fourth-order valence-electron chi connectivity index (χ4n) is 3.72. The van der Waals surface area contributed by atoms with Gasteiger partial charge in [-0.05, 0) is 50.0 Å². The van der Waals surface area contributed by atoms with Crippen LogP contribution in [0.4, 0.5) is 0 Å². The molecule has 0 bridgehead atoms. The highest BCUT2D eigenvalue weighted by Crippen LogP contribution is 2.36. The van der Waals surface area contributed by atoms with Crippen LogP contribution in [0.15, 0.2) is 23.1 Å². The highest BCUT2D eigenvalue weighted by molar-refractivity contribution is 8.26. The summed E-state index contributed by atoms with van der Waals surface area (Å²) in [4.78, 5) is 37.1. The minimum atomic E-state index is -1.25. The van der Waals surface area contributed by atoms with Crippen LogP contribution < -0.4 is 15.2 Å². The molecule has 3 N–H and O–H groups in total. The number of thiocarbonyl (C=S) groups is 1. The topological polar surface area (TPSA) is 119 Å². The van der Waals surface area contributed by atoms with Crippen LogP contribution in [0.25, 0.3) is 6.08 Å². The highest BCUT2D eigenvalue weighted by atomic mass is 32.2. The summed E-state index contributed by atoms with van der Waals surface area (Å²) < 4.78 is 11.7. The Kier molecular flexibility index (Phi) is 11.5. The third kappa shape index (κ3) is 8.54. The maximum absolute atomic E-state index is 13.0. The quantitative estimate of drug-likeness (QED) is 0.193. The summed E-state index contributed by atoms with van der Waals surface area (Å²) in [5.74, 6) is -1.25. The fraction of sp³-hybridized carbons (Fsp3) is 0.520. The number of amides is 2. The van der Waals surface area contributed by atoms with Crippen molar-refractivity contribution in [3.63, 3.8) is 0 Å². The lowest BCUT2D eigenvalue weighted by Crippen LogP contribution is -2.44. The third-order valence-corrected chi connectivity index (χ3v) is 6.94. The molecular formula is C25H34N2O6S2. The molecule has 1 aliphatic heterocycles. The molecule has 8 nitrogen and oxygen atoms in total. The Labute approximate surface area is 216 Å². The van der Waals surface area contributed by atoms with E-state index >= 15 is 0 Å². The van der Waals surface area contributed by atoms with E-state index in [4.69, 9.17) is 27.4 Å². The Morgan fingerprint density at radius 3 is 2.54 bits per heavy atom. The summed E-state index contributed by atoms with van der Waals surface area (Å²) in [6.45, 7) is 4.23. The second-order valence-electron chi connectivity index (χ2n) is 8.45. The van der Waals surface area contributed by atoms with Gasteiger partial charge in [0.15, 0.2) is 11.5 Å². The fourth-order valence-corrected chi connectivity index (χ4v) is 5.08. The molecule has 1 fully saturated rings. The van der Waals surface area contributed by atoms with Crippen LogP contribution in [0.2, 0.25) is 0 Å². The molecule has 1 aromatic rings. The number of carboxylic acids is 1. The van der Waals surface area contributed by atoms with Gasteiger partial charge in [-0.1, -0.05) is 62.7 Å². The van der Waals surface area contributed by atoms with Crippen molar-refractivity contribution in [2.45, 2.75) is 77.4 Å². The van der Waals surface area contributed by atoms with Crippen LogP contribution in [-0.2, 0) is 14.4 Å². The largest absolute Gasteiger partial charge is 0.493 e. The van der Waals surface area contributed by atoms with Crippen molar-refractivity contribution in [2.75, 3.05) is 7.11 Å². The summed E-state index contributed by atoms with van der Waals surface area (Å²) in [7, 11) is 1.55. The number of unbranched alkanes of at least 4 members (excludes halogenated alkanes) is 4. The van der Waals surface area contributed by atoms with E-state index in [1.165, 1.54) is 25.7 Å². The van der Waals surface area contributed by atoms with E-state index in [1.54, 1.807) is 31.4 Å². The molecule has 2 rings (SSSR count). The normalized spacial score (nSPS) is 16.4. The molecule has 35 heavy (non-hydrogen) atoms. The molecule has 0 radical (unpaired) electrons. The van der Waals surface area contributed by atoms with Crippen molar-refractivity contribution >= 4 is 52.2 Å². The molecule has 0 spiro atoms. The van der Waals surface area contributed by atoms with Gasteiger partial charge in [0.25, 0.3) is 5.91 Å². The van der Waals surface area contributed by atoms with Crippen molar-refractivity contribution in [3.05, 3.63) is 28.7 Å². The molecule has 192 valence electrons. The first-order valence-electron chi connectivity index (χ1n) is 11.8. The van der Waals surface area contributed by atoms with Gasteiger partial charge in [-0.3, -0.25) is 14.5 Å². The number of carbonyl (C=O) groups excluding carboxylic acids is 2. The Morgan fingerprint density at radius 1 is 1.20 bits per heavy atom. The lowest BCUT2D eigenvalue weighted by molar-refractivity contribution is -0.145. The number of rotatable bonds is 15. The zero-order valence-corrected chi connectivity index (χ0v) is 22.1. The Morgan fingerprint density at radius 2 is 1.91 bits per heavy atom. The van der Waals surface area contributed by atoms with Crippen molar-refractivity contribution in [2.24, 2.45) is 5.73 Å². The zero-order valence-electron chi connectivity index (χ0n) is 20.5. The van der Waals surface area contributed by atoms with E-state index in [9.17, 15) is 19.5 Å². The number of carbonyl (C=O) groups is 3. The zero-order chi connectivity index (χ0) is 26.0. The number of nitrogens with zero attached hydrogens (tertiary/aromatic N) is 1. The Hall–Kier alpha value is -2.59. The molecule has 1 heterocycles. The van der Waals surface area contributed by atoms with Crippen molar-refractivity contribution in [1.82, 2.24) is 4.90 Å². The van der Waals surface area contributed by atoms with Gasteiger partial charge in [0, 0.05) is 6.42 Å². The molecule has 1 saturated heterocycles. The standard InChI is InChI=1S/C25H34N2O6S2/c1-4-5-6-7-8-9-16(2)33-19-12-10-17(14-20(19)32-3)15-21-23(29)27(25(34)35-21)18(24(30)31)11-13-22(26)28/h10,12,14-16,18H,4-9,11,13H2,1-3H3,(H2,26,28)(H,30,31)/b21-15+/t16-,18+/m0/s1. The van der Waals surface area contributed by atoms with Crippen LogP contribution >= 0.6 is 24.0 Å². The molecule has 2 amide bonds. The van der Waals surface area contributed by atoms with Crippen molar-refractivity contribution < 1.29 is 29.0 Å². The number of nitrogens with two attached hydrogens (primary N) is 1. The van der Waals surface area contributed by atoms with Crippen molar-refractivity contribution in [3.8, 4) is 11.5 Å². The monoisotopic (exact) mass is 522 g/mol. The summed E-state index contributed by atoms with van der Waals surface area (Å²) in [6, 6.07) is 4.11. The molecule has 1 aromatic carbocycles. The van der Waals surface area contributed by atoms with E-state index in [1.807, 2.05) is 6.92 Å². The maximum atomic E-state index is 13.0. The number of hydrogen-bond acceptors (Lipinski definition) is 7. The second kappa shape index (κ2) is 14.1. The second-order valence-corrected chi connectivity index (χ2v) is 10.1. The van der Waals surface area contributed by atoms with Gasteiger partial charge in [0.1, 0.15) is 10.4 Å². The van der Waals surface area contributed by atoms with Crippen molar-refractivity contribution in [1.29, 1.82) is 0 Å². The predicted octanol–water partition coefficient (Wildman–Crippen LogP) is 4.74. The average Bonchev–Trinajstić information content (AvgIpc) is 3.07. The molecule has 0 unspecified atom stereocenters. The SMILES string of the molecule is CCCCCCC[C@H](C)Oc1ccc(/C=C2/SC(=S)N([C@H](CCC(N)=O)C(=O)O)C2=O)cc1OC. The first kappa shape index (κ1) is 28.6. The lowest BCUT2D eigenvalue weighted by Gasteiger charge is -2.22. The smallest absolute Gasteiger partial charge is 0.326 e. The minimum Gasteiger partial charge on any atom is -0.493 e. The molecule has 0 saturated carbocycles. The van der Waals surface area contributed by atoms with Gasteiger partial charge in [0.2, 0.25) is 5.91 Å². The van der Waals surface area contributed by atoms with Gasteiger partial charge in [-0.15, -0.1) is 0 Å². The first-order chi connectivity index (χ1) is 16.7. The number of carboxylic acid groups (broad SMARTS) is 1. The molecule has 10 heteroatoms. The van der Waals surface area contributed by atoms with Gasteiger partial charge in [0.05, 0.1) is 18.1 Å². The molecular weight excluding hydrogens is 488 g/mol. The van der Waals surface area contributed by atoms with Gasteiger partial charge >= 0.3 is 5.97 Å². The summed E-state index contributed by atoms with van der Waals surface area (Å²) in [6.07, 6.45) is 8.38. The van der Waals surface area contributed by atoms with E-state index in [-0.39, 0.29) is 28.2 Å². The Balaban J connectivity index is 2.11. The average molecular weight is 523 g/mol. The van der Waals surface area contributed by atoms with E-state index < -0.39 is 23.8 Å². The third-order valence-electron chi connectivity index (χ3n) is 5.61. The van der Waals surface area contributed by atoms with Gasteiger partial charge in [-0.2, -0.15) is 0 Å². The van der Waals surface area contributed by atoms with Gasteiger partial charge < -0.3 is 20.3 Å². The van der Waals surface area contributed by atoms with Crippen LogP contribution in [-0.4, -0.2) is 51.4 Å². The number of primary amides is 1. The first-order valence-corrected chi connectivity index (χ1v) is 13.0. The number of ether oxygens (including phenoxy) is 2. The number of thioether (sulfide) groups is 1. The predicted molar refractivity (Wildman–Crippen MR) is 141 cm³/mol. The van der Waals surface area contributed by atoms with Crippen LogP contribution in [0.1, 0.15) is 70.8 Å².